The number of benzene rings is 2. The third kappa shape index (κ3) is 5.41. The Bertz CT molecular complexity index is 954. The first kappa shape index (κ1) is 20.0. The summed E-state index contributed by atoms with van der Waals surface area (Å²) in [5.41, 5.74) is 3.23. The number of aryl methyl sites for hydroxylation is 2. The minimum Gasteiger partial charge on any atom is -0.340 e. The molecule has 0 unspecified atom stereocenters. The second-order valence-corrected chi connectivity index (χ2v) is 8.75. The third-order valence-corrected chi connectivity index (χ3v) is 6.09. The van der Waals surface area contributed by atoms with Crippen LogP contribution < -0.4 is 10.2 Å². The fourth-order valence-electron chi connectivity index (χ4n) is 3.17. The van der Waals surface area contributed by atoms with E-state index >= 15 is 0 Å². The van der Waals surface area contributed by atoms with Crippen molar-refractivity contribution in [1.82, 2.24) is 14.3 Å². The van der Waals surface area contributed by atoms with Gasteiger partial charge in [-0.05, 0) is 62.2 Å². The summed E-state index contributed by atoms with van der Waals surface area (Å²) in [4.78, 5) is 12.9. The Kier molecular flexibility index (Phi) is 6.23. The van der Waals surface area contributed by atoms with Gasteiger partial charge in [0.15, 0.2) is 0 Å². The predicted molar refractivity (Wildman–Crippen MR) is 122 cm³/mol. The zero-order valence-electron chi connectivity index (χ0n) is 16.6. The van der Waals surface area contributed by atoms with Gasteiger partial charge < -0.3 is 10.2 Å². The predicted octanol–water partition coefficient (Wildman–Crippen LogP) is 5.32. The fourth-order valence-corrected chi connectivity index (χ4v) is 4.19. The molecule has 0 saturated carbocycles. The zero-order valence-corrected chi connectivity index (χ0v) is 18.2. The van der Waals surface area contributed by atoms with Gasteiger partial charge in [0.25, 0.3) is 0 Å². The Morgan fingerprint density at radius 2 is 1.59 bits per heavy atom. The van der Waals surface area contributed by atoms with Crippen molar-refractivity contribution in [2.24, 2.45) is 0 Å². The number of nitrogens with one attached hydrogen (secondary N) is 1. The van der Waals surface area contributed by atoms with E-state index in [0.717, 1.165) is 54.3 Å². The molecule has 0 bridgehead atoms. The molecule has 2 heterocycles. The quantitative estimate of drug-likeness (QED) is 0.558. The van der Waals surface area contributed by atoms with Crippen LogP contribution in [0.25, 0.3) is 0 Å². The van der Waals surface area contributed by atoms with E-state index in [4.69, 9.17) is 16.6 Å². The molecule has 1 N–H and O–H groups in total. The Balaban J connectivity index is 1.39. The maximum absolute atomic E-state index is 5.98. The van der Waals surface area contributed by atoms with Gasteiger partial charge in [-0.1, -0.05) is 29.3 Å². The lowest BCUT2D eigenvalue weighted by atomic mass is 10.2. The molecule has 150 valence electrons. The van der Waals surface area contributed by atoms with Gasteiger partial charge in [-0.3, -0.25) is 0 Å². The largest absolute Gasteiger partial charge is 0.340 e. The van der Waals surface area contributed by atoms with E-state index < -0.39 is 0 Å². The number of nitrogens with zero attached hydrogens (tertiary/aromatic N) is 4. The maximum Gasteiger partial charge on any atom is 0.227 e. The van der Waals surface area contributed by atoms with E-state index in [1.807, 2.05) is 25.1 Å². The van der Waals surface area contributed by atoms with Gasteiger partial charge in [0.05, 0.1) is 0 Å². The van der Waals surface area contributed by atoms with Crippen LogP contribution in [-0.4, -0.2) is 40.5 Å². The van der Waals surface area contributed by atoms with Crippen molar-refractivity contribution in [3.8, 4) is 0 Å². The number of anilines is 3. The van der Waals surface area contributed by atoms with E-state index in [-0.39, 0.29) is 0 Å². The first-order valence-corrected chi connectivity index (χ1v) is 10.8. The van der Waals surface area contributed by atoms with Crippen LogP contribution in [-0.2, 0) is 0 Å². The molecule has 1 fully saturated rings. The average Bonchev–Trinajstić information content (AvgIpc) is 2.72. The summed E-state index contributed by atoms with van der Waals surface area (Å²) in [5, 5.41) is 4.16. The highest BCUT2D eigenvalue weighted by molar-refractivity contribution is 7.97. The molecular formula is C22H24ClN5S. The molecule has 1 aliphatic heterocycles. The van der Waals surface area contributed by atoms with Crippen LogP contribution in [0.1, 0.15) is 11.3 Å². The lowest BCUT2D eigenvalue weighted by molar-refractivity contribution is 0.426. The maximum atomic E-state index is 5.98. The number of hydrogen-bond donors (Lipinski definition) is 1. The van der Waals surface area contributed by atoms with Crippen molar-refractivity contribution in [2.75, 3.05) is 36.4 Å². The van der Waals surface area contributed by atoms with Crippen molar-refractivity contribution in [1.29, 1.82) is 0 Å². The lowest BCUT2D eigenvalue weighted by Gasteiger charge is -2.34. The Hall–Kier alpha value is -2.28. The second-order valence-electron chi connectivity index (χ2n) is 7.15. The van der Waals surface area contributed by atoms with E-state index in [2.05, 4.69) is 62.8 Å². The van der Waals surface area contributed by atoms with Crippen LogP contribution in [0.2, 0.25) is 5.02 Å². The smallest absolute Gasteiger partial charge is 0.227 e. The van der Waals surface area contributed by atoms with E-state index in [9.17, 15) is 0 Å². The summed E-state index contributed by atoms with van der Waals surface area (Å²) < 4.78 is 2.38. The zero-order chi connectivity index (χ0) is 20.2. The Labute approximate surface area is 181 Å². The molecule has 1 aliphatic rings. The minimum absolute atomic E-state index is 0.769. The first-order valence-electron chi connectivity index (χ1n) is 9.68. The van der Waals surface area contributed by atoms with Crippen LogP contribution in [0.4, 0.5) is 17.5 Å². The van der Waals surface area contributed by atoms with Gasteiger partial charge in [0.1, 0.15) is 5.82 Å². The van der Waals surface area contributed by atoms with Crippen LogP contribution in [0.3, 0.4) is 0 Å². The molecule has 0 atom stereocenters. The number of hydrogen-bond acceptors (Lipinski definition) is 6. The number of rotatable bonds is 5. The topological polar surface area (TPSA) is 44.3 Å². The normalized spacial score (nSPS) is 14.8. The SMILES string of the molecule is Cc1ccc(Nc2cc(C)nc(N3CCN(Sc4ccc(Cl)cc4)CC3)n2)cc1. The van der Waals surface area contributed by atoms with Gasteiger partial charge in [-0.2, -0.15) is 4.98 Å². The van der Waals surface area contributed by atoms with Gasteiger partial charge in [0.2, 0.25) is 5.95 Å². The molecule has 1 saturated heterocycles. The molecule has 5 nitrogen and oxygen atoms in total. The summed E-state index contributed by atoms with van der Waals surface area (Å²) in [6, 6.07) is 18.3. The van der Waals surface area contributed by atoms with Gasteiger partial charge in [-0.15, -0.1) is 0 Å². The summed E-state index contributed by atoms with van der Waals surface area (Å²) in [6.07, 6.45) is 0. The highest BCUT2D eigenvalue weighted by Crippen LogP contribution is 2.26. The molecule has 0 amide bonds. The summed E-state index contributed by atoms with van der Waals surface area (Å²) in [7, 11) is 0. The fraction of sp³-hybridized carbons (Fsp3) is 0.273. The van der Waals surface area contributed by atoms with Crippen molar-refractivity contribution in [2.45, 2.75) is 18.7 Å². The molecule has 3 aromatic rings. The standard InChI is InChI=1S/C22H24ClN5S/c1-16-3-7-19(8-4-16)25-21-15-17(2)24-22(26-21)27-11-13-28(14-12-27)29-20-9-5-18(23)6-10-20/h3-10,15H,11-14H2,1-2H3,(H,24,25,26). The van der Waals surface area contributed by atoms with Gasteiger partial charge >= 0.3 is 0 Å². The monoisotopic (exact) mass is 425 g/mol. The van der Waals surface area contributed by atoms with Crippen molar-refractivity contribution < 1.29 is 0 Å². The van der Waals surface area contributed by atoms with Crippen LogP contribution in [0.15, 0.2) is 59.5 Å². The number of halogens is 1. The Morgan fingerprint density at radius 1 is 0.897 bits per heavy atom. The highest BCUT2D eigenvalue weighted by atomic mass is 35.5. The van der Waals surface area contributed by atoms with Crippen molar-refractivity contribution >= 4 is 41.0 Å². The van der Waals surface area contributed by atoms with Crippen LogP contribution >= 0.6 is 23.5 Å². The van der Waals surface area contributed by atoms with Crippen molar-refractivity contribution in [3.05, 3.63) is 70.9 Å². The van der Waals surface area contributed by atoms with Crippen molar-refractivity contribution in [3.63, 3.8) is 0 Å². The number of aromatic nitrogens is 2. The first-order chi connectivity index (χ1) is 14.0. The third-order valence-electron chi connectivity index (χ3n) is 4.74. The molecule has 1 aromatic heterocycles. The highest BCUT2D eigenvalue weighted by Gasteiger charge is 2.20. The van der Waals surface area contributed by atoms with Crippen LogP contribution in [0.5, 0.6) is 0 Å². The molecule has 0 aliphatic carbocycles. The van der Waals surface area contributed by atoms with E-state index in [1.165, 1.54) is 10.5 Å². The van der Waals surface area contributed by atoms with Gasteiger partial charge in [-0.25, -0.2) is 9.29 Å². The Morgan fingerprint density at radius 3 is 2.28 bits per heavy atom. The molecule has 2 aromatic carbocycles. The number of piperazine rings is 1. The minimum atomic E-state index is 0.769. The van der Waals surface area contributed by atoms with Gasteiger partial charge in [0, 0.05) is 53.5 Å². The molecule has 0 spiro atoms. The summed E-state index contributed by atoms with van der Waals surface area (Å²) >= 11 is 7.75. The summed E-state index contributed by atoms with van der Waals surface area (Å²) in [6.45, 7) is 7.79. The van der Waals surface area contributed by atoms with E-state index in [1.54, 1.807) is 11.9 Å². The molecule has 0 radical (unpaired) electrons. The molecule has 4 rings (SSSR count). The van der Waals surface area contributed by atoms with E-state index in [0.29, 0.717) is 0 Å². The summed E-state index contributed by atoms with van der Waals surface area (Å²) in [5.74, 6) is 1.62. The molecular weight excluding hydrogens is 402 g/mol. The van der Waals surface area contributed by atoms with Crippen LogP contribution in [0, 0.1) is 13.8 Å². The molecule has 29 heavy (non-hydrogen) atoms. The average molecular weight is 426 g/mol. The second kappa shape index (κ2) is 9.03. The lowest BCUT2D eigenvalue weighted by Crippen LogP contribution is -2.44. The molecule has 7 heteroatoms.